The second-order valence-corrected chi connectivity index (χ2v) is 6.79. The minimum Gasteiger partial charge on any atom is -0.326 e. The van der Waals surface area contributed by atoms with Crippen LogP contribution in [0.5, 0.6) is 0 Å². The molecule has 1 heterocycles. The highest BCUT2D eigenvalue weighted by molar-refractivity contribution is 7.98. The summed E-state index contributed by atoms with van der Waals surface area (Å²) < 4.78 is 0. The van der Waals surface area contributed by atoms with Crippen molar-refractivity contribution in [1.29, 1.82) is 0 Å². The Bertz CT molecular complexity index is 758. The highest BCUT2D eigenvalue weighted by Crippen LogP contribution is 2.28. The topological polar surface area (TPSA) is 49.4 Å². The Morgan fingerprint density at radius 1 is 1.17 bits per heavy atom. The fourth-order valence-corrected chi connectivity index (χ4v) is 3.25. The number of rotatable bonds is 4. The van der Waals surface area contributed by atoms with Crippen LogP contribution in [0.25, 0.3) is 0 Å². The standard InChI is InChI=1S/C19H20N2O2S/c1-13-5-3-4-6-17(13)20-19(23)14-11-18(22)21(12-14)15-7-9-16(24-2)10-8-15/h3-10,14H,11-12H2,1-2H3,(H,20,23). The molecule has 1 fully saturated rings. The van der Waals surface area contributed by atoms with Crippen LogP contribution in [0.1, 0.15) is 12.0 Å². The molecule has 0 bridgehead atoms. The third kappa shape index (κ3) is 3.46. The highest BCUT2D eigenvalue weighted by Gasteiger charge is 2.35. The van der Waals surface area contributed by atoms with Crippen LogP contribution in [0, 0.1) is 12.8 Å². The van der Waals surface area contributed by atoms with Crippen molar-refractivity contribution in [2.24, 2.45) is 5.92 Å². The van der Waals surface area contributed by atoms with E-state index in [9.17, 15) is 9.59 Å². The smallest absolute Gasteiger partial charge is 0.229 e. The lowest BCUT2D eigenvalue weighted by Crippen LogP contribution is -2.28. The van der Waals surface area contributed by atoms with Crippen molar-refractivity contribution in [3.63, 3.8) is 0 Å². The molecule has 2 amide bonds. The van der Waals surface area contributed by atoms with Gasteiger partial charge in [-0.3, -0.25) is 9.59 Å². The lowest BCUT2D eigenvalue weighted by Gasteiger charge is -2.17. The minimum atomic E-state index is -0.322. The zero-order valence-electron chi connectivity index (χ0n) is 13.8. The maximum Gasteiger partial charge on any atom is 0.229 e. The van der Waals surface area contributed by atoms with Gasteiger partial charge in [-0.1, -0.05) is 18.2 Å². The van der Waals surface area contributed by atoms with Crippen LogP contribution in [0.2, 0.25) is 0 Å². The van der Waals surface area contributed by atoms with Crippen LogP contribution in [0.3, 0.4) is 0 Å². The molecule has 1 aliphatic rings. The Kier molecular flexibility index (Phi) is 4.90. The van der Waals surface area contributed by atoms with E-state index in [0.717, 1.165) is 21.8 Å². The van der Waals surface area contributed by atoms with Crippen LogP contribution < -0.4 is 10.2 Å². The van der Waals surface area contributed by atoms with Gasteiger partial charge in [-0.15, -0.1) is 11.8 Å². The number of hydrogen-bond acceptors (Lipinski definition) is 3. The second-order valence-electron chi connectivity index (χ2n) is 5.91. The molecule has 124 valence electrons. The predicted octanol–water partition coefficient (Wildman–Crippen LogP) is 3.71. The molecule has 0 aromatic heterocycles. The molecule has 24 heavy (non-hydrogen) atoms. The lowest BCUT2D eigenvalue weighted by atomic mass is 10.1. The fraction of sp³-hybridized carbons (Fsp3) is 0.263. The number of para-hydroxylation sites is 1. The molecular formula is C19H20N2O2S. The number of benzene rings is 2. The Labute approximate surface area is 146 Å². The van der Waals surface area contributed by atoms with E-state index in [1.807, 2.05) is 61.7 Å². The first-order valence-corrected chi connectivity index (χ1v) is 9.12. The van der Waals surface area contributed by atoms with Gasteiger partial charge in [0.05, 0.1) is 5.92 Å². The number of aryl methyl sites for hydroxylation is 1. The van der Waals surface area contributed by atoms with Gasteiger partial charge >= 0.3 is 0 Å². The molecule has 1 aliphatic heterocycles. The van der Waals surface area contributed by atoms with E-state index in [4.69, 9.17) is 0 Å². The van der Waals surface area contributed by atoms with Crippen LogP contribution in [-0.4, -0.2) is 24.6 Å². The SMILES string of the molecule is CSc1ccc(N2CC(C(=O)Nc3ccccc3C)CC2=O)cc1. The van der Waals surface area contributed by atoms with Crippen LogP contribution in [0.4, 0.5) is 11.4 Å². The highest BCUT2D eigenvalue weighted by atomic mass is 32.2. The number of nitrogens with one attached hydrogen (secondary N) is 1. The first-order valence-electron chi connectivity index (χ1n) is 7.89. The summed E-state index contributed by atoms with van der Waals surface area (Å²) in [7, 11) is 0. The van der Waals surface area contributed by atoms with Crippen molar-refractivity contribution in [3.8, 4) is 0 Å². The average molecular weight is 340 g/mol. The van der Waals surface area contributed by atoms with E-state index >= 15 is 0 Å². The number of anilines is 2. The molecule has 5 heteroatoms. The maximum absolute atomic E-state index is 12.5. The summed E-state index contributed by atoms with van der Waals surface area (Å²) in [5.74, 6) is -0.421. The van der Waals surface area contributed by atoms with Crippen molar-refractivity contribution in [2.75, 3.05) is 23.0 Å². The van der Waals surface area contributed by atoms with Gasteiger partial charge in [0.15, 0.2) is 0 Å². The largest absolute Gasteiger partial charge is 0.326 e. The summed E-state index contributed by atoms with van der Waals surface area (Å²) in [6, 6.07) is 15.5. The summed E-state index contributed by atoms with van der Waals surface area (Å²) >= 11 is 1.66. The third-order valence-electron chi connectivity index (χ3n) is 4.28. The van der Waals surface area contributed by atoms with E-state index in [-0.39, 0.29) is 24.2 Å². The molecule has 0 radical (unpaired) electrons. The van der Waals surface area contributed by atoms with Crippen LogP contribution in [0.15, 0.2) is 53.4 Å². The van der Waals surface area contributed by atoms with Gasteiger partial charge < -0.3 is 10.2 Å². The maximum atomic E-state index is 12.5. The summed E-state index contributed by atoms with van der Waals surface area (Å²) in [5, 5.41) is 2.94. The van der Waals surface area contributed by atoms with Gasteiger partial charge in [0, 0.05) is 29.2 Å². The van der Waals surface area contributed by atoms with Crippen LogP contribution in [-0.2, 0) is 9.59 Å². The molecule has 1 unspecified atom stereocenters. The third-order valence-corrected chi connectivity index (χ3v) is 5.03. The van der Waals surface area contributed by atoms with Crippen LogP contribution >= 0.6 is 11.8 Å². The molecule has 2 aromatic carbocycles. The van der Waals surface area contributed by atoms with Crippen molar-refractivity contribution >= 4 is 35.0 Å². The molecule has 1 atom stereocenters. The van der Waals surface area contributed by atoms with E-state index in [2.05, 4.69) is 5.32 Å². The monoisotopic (exact) mass is 340 g/mol. The van der Waals surface area contributed by atoms with E-state index in [1.165, 1.54) is 0 Å². The second kappa shape index (κ2) is 7.09. The van der Waals surface area contributed by atoms with E-state index in [0.29, 0.717) is 6.54 Å². The number of amides is 2. The number of hydrogen-bond donors (Lipinski definition) is 1. The molecule has 1 N–H and O–H groups in total. The Morgan fingerprint density at radius 3 is 2.54 bits per heavy atom. The normalized spacial score (nSPS) is 17.2. The predicted molar refractivity (Wildman–Crippen MR) is 98.5 cm³/mol. The summed E-state index contributed by atoms with van der Waals surface area (Å²) in [6.45, 7) is 2.38. The molecule has 0 spiro atoms. The number of carbonyl (C=O) groups excluding carboxylic acids is 2. The molecule has 1 saturated heterocycles. The van der Waals surface area contributed by atoms with Gasteiger partial charge in [0.2, 0.25) is 11.8 Å². The first-order chi connectivity index (χ1) is 11.6. The molecule has 0 saturated carbocycles. The molecule has 4 nitrogen and oxygen atoms in total. The van der Waals surface area contributed by atoms with Crippen molar-refractivity contribution in [2.45, 2.75) is 18.2 Å². The number of nitrogens with zero attached hydrogens (tertiary/aromatic N) is 1. The Morgan fingerprint density at radius 2 is 1.88 bits per heavy atom. The number of carbonyl (C=O) groups is 2. The molecule has 3 rings (SSSR count). The molecular weight excluding hydrogens is 320 g/mol. The zero-order chi connectivity index (χ0) is 17.1. The van der Waals surface area contributed by atoms with Gasteiger partial charge in [-0.25, -0.2) is 0 Å². The number of thioether (sulfide) groups is 1. The fourth-order valence-electron chi connectivity index (χ4n) is 2.84. The summed E-state index contributed by atoms with van der Waals surface area (Å²) in [4.78, 5) is 27.7. The van der Waals surface area contributed by atoms with Gasteiger partial charge in [-0.05, 0) is 49.1 Å². The van der Waals surface area contributed by atoms with Crippen molar-refractivity contribution in [1.82, 2.24) is 0 Å². The lowest BCUT2D eigenvalue weighted by molar-refractivity contribution is -0.122. The molecule has 2 aromatic rings. The van der Waals surface area contributed by atoms with Gasteiger partial charge in [0.25, 0.3) is 0 Å². The summed E-state index contributed by atoms with van der Waals surface area (Å²) in [6.07, 6.45) is 2.27. The van der Waals surface area contributed by atoms with Gasteiger partial charge in [-0.2, -0.15) is 0 Å². The average Bonchev–Trinajstić information content (AvgIpc) is 2.99. The summed E-state index contributed by atoms with van der Waals surface area (Å²) in [5.41, 5.74) is 2.67. The van der Waals surface area contributed by atoms with Crippen molar-refractivity contribution < 1.29 is 9.59 Å². The van der Waals surface area contributed by atoms with Gasteiger partial charge in [0.1, 0.15) is 0 Å². The molecule has 0 aliphatic carbocycles. The van der Waals surface area contributed by atoms with Crippen molar-refractivity contribution in [3.05, 3.63) is 54.1 Å². The Hall–Kier alpha value is -2.27. The quantitative estimate of drug-likeness (QED) is 0.863. The first kappa shape index (κ1) is 16.6. The van der Waals surface area contributed by atoms with E-state index < -0.39 is 0 Å². The Balaban J connectivity index is 1.69. The zero-order valence-corrected chi connectivity index (χ0v) is 14.6. The minimum absolute atomic E-state index is 0.00293. The van der Waals surface area contributed by atoms with E-state index in [1.54, 1.807) is 16.7 Å².